The number of hydrogen-bond donors (Lipinski definition) is 2. The maximum Gasteiger partial charge on any atom is 0.412 e. The molecule has 1 fully saturated rings. The fourth-order valence-corrected chi connectivity index (χ4v) is 5.36. The number of aliphatic hydroxyl groups is 1. The average molecular weight is 686 g/mol. The van der Waals surface area contributed by atoms with Crippen molar-refractivity contribution in [2.45, 2.75) is 90.7 Å². The minimum absolute atomic E-state index is 0.0528. The van der Waals surface area contributed by atoms with Gasteiger partial charge in [0, 0.05) is 0 Å². The predicted molar refractivity (Wildman–Crippen MR) is 170 cm³/mol. The quantitative estimate of drug-likeness (QED) is 0.158. The summed E-state index contributed by atoms with van der Waals surface area (Å²) in [4.78, 5) is 53.8. The maximum atomic E-state index is 12.7. The largest absolute Gasteiger partial charge is 0.464 e. The Morgan fingerprint density at radius 2 is 1.41 bits per heavy atom. The first-order valence-electron chi connectivity index (χ1n) is 16.3. The lowest BCUT2D eigenvalue weighted by Crippen LogP contribution is -2.35. The highest BCUT2D eigenvalue weighted by molar-refractivity contribution is 5.90. The Morgan fingerprint density at radius 3 is 1.92 bits per heavy atom. The molecule has 17 nitrogen and oxygen atoms in total. The van der Waals surface area contributed by atoms with E-state index in [-0.39, 0.29) is 38.4 Å². The molecule has 1 saturated heterocycles. The molecule has 0 saturated carbocycles. The number of carbonyl (C=O) groups is 4. The molecule has 266 valence electrons. The number of amides is 1. The Morgan fingerprint density at radius 1 is 0.857 bits per heavy atom. The standard InChI is InChI=1S/C20H24N4O4.C7H11N3O3.C5H8O3/c1-2-27-19(25)17(10-24-12-21-11-22-24)28-20(26)23-18-15-7-3-5-13(15)9-14-6-4-8-16(14)18;1-2-13-7(12)6(11)3-10-5-8-4-9-10;1-2-7-5(6)4-3-8-4/h9,11-12,17H,2-8,10H2,1H3,(H,23,26);4-6,11H,2-3H2,1H3;4H,2-3H2,1H3/t17-;6-;4-/m111/s1. The molecule has 2 N–H and O–H groups in total. The van der Waals surface area contributed by atoms with E-state index in [9.17, 15) is 24.3 Å². The number of anilines is 1. The normalized spacial score (nSPS) is 16.3. The van der Waals surface area contributed by atoms with Crippen molar-refractivity contribution in [2.75, 3.05) is 31.7 Å². The monoisotopic (exact) mass is 685 g/mol. The van der Waals surface area contributed by atoms with Gasteiger partial charge in [0.2, 0.25) is 6.10 Å². The van der Waals surface area contributed by atoms with Gasteiger partial charge in [-0.1, -0.05) is 6.07 Å². The summed E-state index contributed by atoms with van der Waals surface area (Å²) in [5, 5.41) is 19.9. The first-order chi connectivity index (χ1) is 23.7. The van der Waals surface area contributed by atoms with Crippen molar-refractivity contribution in [1.29, 1.82) is 0 Å². The van der Waals surface area contributed by atoms with E-state index in [4.69, 9.17) is 9.47 Å². The van der Waals surface area contributed by atoms with Crippen molar-refractivity contribution in [3.05, 3.63) is 53.6 Å². The van der Waals surface area contributed by atoms with Gasteiger partial charge in [-0.05, 0) is 81.5 Å². The fraction of sp³-hybridized carbons (Fsp3) is 0.562. The molecule has 0 radical (unpaired) electrons. The number of epoxide rings is 1. The van der Waals surface area contributed by atoms with E-state index in [0.717, 1.165) is 44.2 Å². The summed E-state index contributed by atoms with van der Waals surface area (Å²) in [5.41, 5.74) is 5.94. The van der Waals surface area contributed by atoms with Crippen LogP contribution in [0.1, 0.15) is 55.9 Å². The molecule has 2 aliphatic carbocycles. The summed E-state index contributed by atoms with van der Waals surface area (Å²) in [6, 6.07) is 2.30. The Balaban J connectivity index is 0.000000211. The predicted octanol–water partition coefficient (Wildman–Crippen LogP) is 1.59. The fourth-order valence-electron chi connectivity index (χ4n) is 5.36. The summed E-state index contributed by atoms with van der Waals surface area (Å²) in [6.07, 6.45) is 8.62. The number of aryl methyl sites for hydroxylation is 2. The summed E-state index contributed by atoms with van der Waals surface area (Å²) in [6.45, 7) is 6.74. The van der Waals surface area contributed by atoms with Gasteiger partial charge >= 0.3 is 24.0 Å². The number of carbonyl (C=O) groups excluding carboxylic acids is 4. The van der Waals surface area contributed by atoms with Crippen LogP contribution in [0.15, 0.2) is 31.4 Å². The lowest BCUT2D eigenvalue weighted by Gasteiger charge is -2.19. The SMILES string of the molecule is CCOC(=O)[C@@H](Cn1cncn1)OC(=O)Nc1c2c(cc3c1CCC3)CCC2.CCOC(=O)[C@H](O)Cn1cncn1.CCOC(=O)[C@H]1CO1. The van der Waals surface area contributed by atoms with Crippen LogP contribution in [0.2, 0.25) is 0 Å². The first kappa shape index (κ1) is 36.9. The number of aromatic nitrogens is 6. The Bertz CT molecular complexity index is 1490. The van der Waals surface area contributed by atoms with Gasteiger partial charge in [-0.25, -0.2) is 38.5 Å². The van der Waals surface area contributed by atoms with Gasteiger partial charge in [0.15, 0.2) is 12.2 Å². The molecule has 6 rings (SSSR count). The van der Waals surface area contributed by atoms with Gasteiger partial charge in [-0.2, -0.15) is 10.2 Å². The van der Waals surface area contributed by atoms with E-state index < -0.39 is 30.2 Å². The number of rotatable bonds is 12. The molecular formula is C32H43N7O10. The lowest BCUT2D eigenvalue weighted by molar-refractivity contribution is -0.154. The Hall–Kier alpha value is -4.90. The van der Waals surface area contributed by atoms with Crippen LogP contribution in [-0.4, -0.2) is 103 Å². The van der Waals surface area contributed by atoms with E-state index in [1.54, 1.807) is 20.8 Å². The van der Waals surface area contributed by atoms with Gasteiger partial charge in [-0.15, -0.1) is 0 Å². The molecule has 2 aromatic heterocycles. The van der Waals surface area contributed by atoms with Crippen LogP contribution < -0.4 is 5.32 Å². The minimum Gasteiger partial charge on any atom is -0.464 e. The van der Waals surface area contributed by atoms with Crippen LogP contribution >= 0.6 is 0 Å². The summed E-state index contributed by atoms with van der Waals surface area (Å²) in [5.74, 6) is -1.47. The van der Waals surface area contributed by atoms with Crippen molar-refractivity contribution in [1.82, 2.24) is 29.5 Å². The van der Waals surface area contributed by atoms with Crippen molar-refractivity contribution in [2.24, 2.45) is 0 Å². The Kier molecular flexibility index (Phi) is 14.0. The van der Waals surface area contributed by atoms with Gasteiger partial charge < -0.3 is 28.8 Å². The second kappa shape index (κ2) is 18.6. The third kappa shape index (κ3) is 11.1. The molecule has 3 atom stereocenters. The second-order valence-corrected chi connectivity index (χ2v) is 11.1. The molecule has 49 heavy (non-hydrogen) atoms. The molecule has 0 bridgehead atoms. The van der Waals surface area contributed by atoms with Crippen LogP contribution in [0.5, 0.6) is 0 Å². The summed E-state index contributed by atoms with van der Waals surface area (Å²) < 4.78 is 27.1. The number of hydrogen-bond acceptors (Lipinski definition) is 14. The third-order valence-electron chi connectivity index (χ3n) is 7.59. The van der Waals surface area contributed by atoms with Crippen molar-refractivity contribution >= 4 is 29.7 Å². The van der Waals surface area contributed by atoms with E-state index >= 15 is 0 Å². The molecule has 3 aromatic rings. The zero-order valence-corrected chi connectivity index (χ0v) is 27.9. The van der Waals surface area contributed by atoms with Crippen molar-refractivity contribution < 1.29 is 48.0 Å². The molecule has 1 amide bonds. The number of ether oxygens (including phenoxy) is 5. The highest BCUT2D eigenvalue weighted by Gasteiger charge is 2.32. The number of nitrogens with one attached hydrogen (secondary N) is 1. The molecule has 0 unspecified atom stereocenters. The van der Waals surface area contributed by atoms with Crippen LogP contribution in [-0.2, 0) is 76.8 Å². The van der Waals surface area contributed by atoms with Gasteiger partial charge in [-0.3, -0.25) is 5.32 Å². The smallest absolute Gasteiger partial charge is 0.412 e. The number of aliphatic hydroxyl groups excluding tert-OH is 1. The van der Waals surface area contributed by atoms with Gasteiger partial charge in [0.05, 0.1) is 45.2 Å². The summed E-state index contributed by atoms with van der Waals surface area (Å²) >= 11 is 0. The van der Waals surface area contributed by atoms with E-state index in [1.807, 2.05) is 0 Å². The minimum atomic E-state index is -1.18. The van der Waals surface area contributed by atoms with Crippen molar-refractivity contribution in [3.63, 3.8) is 0 Å². The van der Waals surface area contributed by atoms with Crippen molar-refractivity contribution in [3.8, 4) is 0 Å². The van der Waals surface area contributed by atoms with Crippen LogP contribution in [0, 0.1) is 0 Å². The number of fused-ring (bicyclic) bond motifs is 2. The van der Waals surface area contributed by atoms with E-state index in [1.165, 1.54) is 56.9 Å². The van der Waals surface area contributed by atoms with Crippen LogP contribution in [0.3, 0.4) is 0 Å². The zero-order chi connectivity index (χ0) is 35.2. The molecule has 1 aliphatic heterocycles. The van der Waals surface area contributed by atoms with E-state index in [2.05, 4.69) is 45.8 Å². The topological polar surface area (TPSA) is 211 Å². The van der Waals surface area contributed by atoms with Crippen LogP contribution in [0.4, 0.5) is 10.5 Å². The third-order valence-corrected chi connectivity index (χ3v) is 7.59. The molecule has 3 heterocycles. The van der Waals surface area contributed by atoms with E-state index in [0.29, 0.717) is 13.2 Å². The number of nitrogens with zero attached hydrogens (tertiary/aromatic N) is 6. The molecule has 17 heteroatoms. The highest BCUT2D eigenvalue weighted by atomic mass is 16.6. The Labute approximate surface area is 283 Å². The van der Waals surface area contributed by atoms with Crippen LogP contribution in [0.25, 0.3) is 0 Å². The second-order valence-electron chi connectivity index (χ2n) is 11.1. The molecular weight excluding hydrogens is 642 g/mol. The van der Waals surface area contributed by atoms with Gasteiger partial charge in [0.1, 0.15) is 25.3 Å². The number of benzene rings is 1. The molecule has 3 aliphatic rings. The zero-order valence-electron chi connectivity index (χ0n) is 27.9. The molecule has 1 aromatic carbocycles. The average Bonchev–Trinajstić information content (AvgIpc) is 3.54. The summed E-state index contributed by atoms with van der Waals surface area (Å²) in [7, 11) is 0. The highest BCUT2D eigenvalue weighted by Crippen LogP contribution is 2.38. The molecule has 0 spiro atoms. The maximum absolute atomic E-state index is 12.7. The van der Waals surface area contributed by atoms with Gasteiger partial charge in [0.25, 0.3) is 0 Å². The first-order valence-corrected chi connectivity index (χ1v) is 16.3. The number of esters is 3. The lowest BCUT2D eigenvalue weighted by atomic mass is 9.99.